The van der Waals surface area contributed by atoms with Crippen molar-refractivity contribution in [3.8, 4) is 0 Å². The molecule has 0 saturated carbocycles. The van der Waals surface area contributed by atoms with Gasteiger partial charge in [-0.25, -0.2) is 9.83 Å². The zero-order valence-corrected chi connectivity index (χ0v) is 9.78. The minimum Gasteiger partial charge on any atom is -0.384 e. The lowest BCUT2D eigenvalue weighted by Crippen LogP contribution is -1.93. The van der Waals surface area contributed by atoms with E-state index in [2.05, 4.69) is 9.83 Å². The first-order valence-electron chi connectivity index (χ1n) is 5.05. The number of hydrogen-bond donors (Lipinski definition) is 1. The number of benzene rings is 1. The van der Waals surface area contributed by atoms with Crippen molar-refractivity contribution < 1.29 is 0 Å². The summed E-state index contributed by atoms with van der Waals surface area (Å²) >= 11 is 5.97. The highest BCUT2D eigenvalue weighted by molar-refractivity contribution is 6.33. The Balaban J connectivity index is 2.22. The topological polar surface area (TPSA) is 43.3 Å². The number of anilines is 1. The number of nitrogens with zero attached hydrogens (tertiary/aromatic N) is 2. The summed E-state index contributed by atoms with van der Waals surface area (Å²) in [6.07, 6.45) is 2.47. The summed E-state index contributed by atoms with van der Waals surface area (Å²) in [6, 6.07) is 9.14. The molecular formula is C13H10ClN3. The van der Waals surface area contributed by atoms with Crippen LogP contribution in [-0.4, -0.2) is 4.98 Å². The average Bonchev–Trinajstić information content (AvgIpc) is 2.32. The van der Waals surface area contributed by atoms with Crippen LogP contribution in [0.5, 0.6) is 0 Å². The van der Waals surface area contributed by atoms with Crippen molar-refractivity contribution in [3.05, 3.63) is 64.1 Å². The number of pyridine rings is 1. The molecule has 4 heteroatoms. The van der Waals surface area contributed by atoms with Crippen LogP contribution < -0.4 is 5.73 Å². The second-order valence-electron chi connectivity index (χ2n) is 3.67. The normalized spacial score (nSPS) is 9.88. The van der Waals surface area contributed by atoms with Gasteiger partial charge in [0.2, 0.25) is 5.69 Å². The zero-order chi connectivity index (χ0) is 12.3. The first kappa shape index (κ1) is 11.4. The second kappa shape index (κ2) is 4.86. The summed E-state index contributed by atoms with van der Waals surface area (Å²) in [5, 5.41) is 0.487. The summed E-state index contributed by atoms with van der Waals surface area (Å²) < 4.78 is 0. The average molecular weight is 244 g/mol. The Bertz CT molecular complexity index is 570. The number of halogens is 1. The molecule has 0 amide bonds. The predicted molar refractivity (Wildman–Crippen MR) is 69.2 cm³/mol. The number of aromatic nitrogens is 1. The molecule has 1 aromatic carbocycles. The molecule has 2 rings (SSSR count). The third-order valence-corrected chi connectivity index (χ3v) is 2.69. The third kappa shape index (κ3) is 2.74. The van der Waals surface area contributed by atoms with Gasteiger partial charge in [0, 0.05) is 11.2 Å². The first-order chi connectivity index (χ1) is 8.19. The van der Waals surface area contributed by atoms with Crippen molar-refractivity contribution in [2.45, 2.75) is 6.42 Å². The lowest BCUT2D eigenvalue weighted by molar-refractivity contribution is 1.15. The van der Waals surface area contributed by atoms with Gasteiger partial charge in [0.05, 0.1) is 6.57 Å². The van der Waals surface area contributed by atoms with E-state index in [1.165, 1.54) is 0 Å². The van der Waals surface area contributed by atoms with Crippen LogP contribution in [0.4, 0.5) is 11.5 Å². The van der Waals surface area contributed by atoms with Gasteiger partial charge in [-0.2, -0.15) is 0 Å². The fraction of sp³-hybridized carbons (Fsp3) is 0.0769. The van der Waals surface area contributed by atoms with Crippen LogP contribution in [0.15, 0.2) is 36.5 Å². The molecule has 0 bridgehead atoms. The van der Waals surface area contributed by atoms with E-state index in [0.717, 1.165) is 17.5 Å². The van der Waals surface area contributed by atoms with Gasteiger partial charge in [-0.05, 0) is 23.6 Å². The van der Waals surface area contributed by atoms with Crippen LogP contribution in [0.2, 0.25) is 5.02 Å². The highest BCUT2D eigenvalue weighted by Crippen LogP contribution is 2.26. The summed E-state index contributed by atoms with van der Waals surface area (Å²) in [6.45, 7) is 6.92. The molecule has 0 saturated heterocycles. The molecule has 1 heterocycles. The lowest BCUT2D eigenvalue weighted by atomic mass is 10.1. The molecule has 2 aromatic rings. The summed E-state index contributed by atoms with van der Waals surface area (Å²) in [5.74, 6) is 0.509. The fourth-order valence-corrected chi connectivity index (χ4v) is 1.77. The maximum absolute atomic E-state index is 6.92. The van der Waals surface area contributed by atoms with E-state index in [-0.39, 0.29) is 0 Å². The van der Waals surface area contributed by atoms with Crippen LogP contribution in [0.3, 0.4) is 0 Å². The Kier molecular flexibility index (Phi) is 3.27. The van der Waals surface area contributed by atoms with Crippen molar-refractivity contribution in [2.75, 3.05) is 5.73 Å². The third-order valence-electron chi connectivity index (χ3n) is 2.39. The predicted octanol–water partition coefficient (Wildman–Crippen LogP) is 3.46. The highest BCUT2D eigenvalue weighted by Gasteiger charge is 2.02. The van der Waals surface area contributed by atoms with E-state index < -0.39 is 0 Å². The molecule has 2 N–H and O–H groups in total. The molecule has 0 aliphatic rings. The van der Waals surface area contributed by atoms with E-state index in [9.17, 15) is 0 Å². The van der Waals surface area contributed by atoms with E-state index in [1.54, 1.807) is 18.3 Å². The van der Waals surface area contributed by atoms with E-state index >= 15 is 0 Å². The second-order valence-corrected chi connectivity index (χ2v) is 4.07. The minimum absolute atomic E-state index is 0.478. The number of hydrogen-bond acceptors (Lipinski definition) is 2. The Labute approximate surface area is 105 Å². The van der Waals surface area contributed by atoms with E-state index in [0.29, 0.717) is 16.5 Å². The molecule has 3 nitrogen and oxygen atoms in total. The van der Waals surface area contributed by atoms with Crippen LogP contribution in [-0.2, 0) is 6.42 Å². The standard InChI is InChI=1S/C13H10ClN3/c1-16-12-4-2-9(7-11(12)14)6-10-3-5-13(15)17-8-10/h2-5,7-8H,6H2,(H2,15,17). The maximum atomic E-state index is 6.92. The molecule has 0 aliphatic carbocycles. The van der Waals surface area contributed by atoms with Crippen molar-refractivity contribution >= 4 is 23.1 Å². The Morgan fingerprint density at radius 3 is 2.59 bits per heavy atom. The molecule has 84 valence electrons. The van der Waals surface area contributed by atoms with Crippen LogP contribution >= 0.6 is 11.6 Å². The highest BCUT2D eigenvalue weighted by atomic mass is 35.5. The van der Waals surface area contributed by atoms with Crippen molar-refractivity contribution in [1.29, 1.82) is 0 Å². The van der Waals surface area contributed by atoms with Crippen LogP contribution in [0.1, 0.15) is 11.1 Å². The Morgan fingerprint density at radius 2 is 2.00 bits per heavy atom. The first-order valence-corrected chi connectivity index (χ1v) is 5.43. The van der Waals surface area contributed by atoms with Gasteiger partial charge < -0.3 is 5.73 Å². The Morgan fingerprint density at radius 1 is 1.24 bits per heavy atom. The van der Waals surface area contributed by atoms with E-state index in [1.807, 2.05) is 18.2 Å². The summed E-state index contributed by atoms with van der Waals surface area (Å²) in [5.41, 5.74) is 8.11. The van der Waals surface area contributed by atoms with Gasteiger partial charge in [-0.15, -0.1) is 0 Å². The van der Waals surface area contributed by atoms with Crippen LogP contribution in [0, 0.1) is 6.57 Å². The molecule has 0 spiro atoms. The monoisotopic (exact) mass is 243 g/mol. The zero-order valence-electron chi connectivity index (χ0n) is 9.02. The van der Waals surface area contributed by atoms with Gasteiger partial charge in [0.25, 0.3) is 0 Å². The molecule has 1 aromatic heterocycles. The summed E-state index contributed by atoms with van der Waals surface area (Å²) in [7, 11) is 0. The molecule has 0 fully saturated rings. The van der Waals surface area contributed by atoms with Crippen LogP contribution in [0.25, 0.3) is 4.85 Å². The van der Waals surface area contributed by atoms with Gasteiger partial charge in [0.1, 0.15) is 5.82 Å². The molecule has 17 heavy (non-hydrogen) atoms. The number of rotatable bonds is 2. The number of nitrogens with two attached hydrogens (primary N) is 1. The Hall–Kier alpha value is -2.05. The van der Waals surface area contributed by atoms with Gasteiger partial charge in [0.15, 0.2) is 0 Å². The SMILES string of the molecule is [C-]#[N+]c1ccc(Cc2ccc(N)nc2)cc1Cl. The maximum Gasteiger partial charge on any atom is 0.205 e. The molecule has 0 unspecified atom stereocenters. The van der Waals surface area contributed by atoms with E-state index in [4.69, 9.17) is 23.9 Å². The smallest absolute Gasteiger partial charge is 0.205 e. The quantitative estimate of drug-likeness (QED) is 0.821. The number of nitrogen functional groups attached to an aromatic ring is 1. The van der Waals surface area contributed by atoms with Crippen molar-refractivity contribution in [2.24, 2.45) is 0 Å². The largest absolute Gasteiger partial charge is 0.384 e. The molecule has 0 aliphatic heterocycles. The molecular weight excluding hydrogens is 234 g/mol. The van der Waals surface area contributed by atoms with Crippen molar-refractivity contribution in [1.82, 2.24) is 4.98 Å². The molecule has 0 radical (unpaired) electrons. The molecule has 0 atom stereocenters. The lowest BCUT2D eigenvalue weighted by Gasteiger charge is -2.03. The van der Waals surface area contributed by atoms with Gasteiger partial charge in [-0.1, -0.05) is 35.9 Å². The van der Waals surface area contributed by atoms with Gasteiger partial charge >= 0.3 is 0 Å². The van der Waals surface area contributed by atoms with Crippen molar-refractivity contribution in [3.63, 3.8) is 0 Å². The fourth-order valence-electron chi connectivity index (χ4n) is 1.53. The minimum atomic E-state index is 0.478. The summed E-state index contributed by atoms with van der Waals surface area (Å²) in [4.78, 5) is 7.35. The van der Waals surface area contributed by atoms with Gasteiger partial charge in [-0.3, -0.25) is 0 Å².